The van der Waals surface area contributed by atoms with Crippen LogP contribution in [0.2, 0.25) is 4.34 Å². The molecule has 1 aromatic heterocycles. The van der Waals surface area contributed by atoms with Gasteiger partial charge in [-0.15, -0.1) is 11.3 Å². The lowest BCUT2D eigenvalue weighted by atomic mass is 9.88. The van der Waals surface area contributed by atoms with Crippen molar-refractivity contribution in [2.45, 2.75) is 38.8 Å². The Bertz CT molecular complexity index is 378. The largest absolute Gasteiger partial charge is 0.319 e. The first kappa shape index (κ1) is 14.3. The molecule has 0 saturated carbocycles. The van der Waals surface area contributed by atoms with Gasteiger partial charge in [-0.3, -0.25) is 4.90 Å². The summed E-state index contributed by atoms with van der Waals surface area (Å²) in [7, 11) is 2.03. The second-order valence-electron chi connectivity index (χ2n) is 5.24. The van der Waals surface area contributed by atoms with Crippen LogP contribution < -0.4 is 5.32 Å². The maximum atomic E-state index is 6.05. The van der Waals surface area contributed by atoms with Crippen molar-refractivity contribution in [1.82, 2.24) is 15.2 Å². The summed E-state index contributed by atoms with van der Waals surface area (Å²) in [4.78, 5) is 7.09. The summed E-state index contributed by atoms with van der Waals surface area (Å²) in [6.07, 6.45) is 4.33. The molecule has 2 rings (SSSR count). The van der Waals surface area contributed by atoms with E-state index in [1.165, 1.54) is 24.4 Å². The fourth-order valence-electron chi connectivity index (χ4n) is 2.91. The van der Waals surface area contributed by atoms with Crippen molar-refractivity contribution < 1.29 is 0 Å². The van der Waals surface area contributed by atoms with Crippen molar-refractivity contribution in [3.05, 3.63) is 15.5 Å². The van der Waals surface area contributed by atoms with Crippen LogP contribution in [0.25, 0.3) is 0 Å². The van der Waals surface area contributed by atoms with E-state index in [9.17, 15) is 0 Å². The first-order chi connectivity index (χ1) is 8.63. The molecule has 1 aromatic rings. The number of hydrogen-bond donors (Lipinski definition) is 1. The van der Waals surface area contributed by atoms with Crippen LogP contribution in [0.4, 0.5) is 0 Å². The Morgan fingerprint density at radius 3 is 2.94 bits per heavy atom. The van der Waals surface area contributed by atoms with Crippen LogP contribution in [0.15, 0.2) is 6.20 Å². The molecule has 1 fully saturated rings. The second kappa shape index (κ2) is 6.33. The molecule has 1 aliphatic heterocycles. The average molecular weight is 288 g/mol. The molecule has 2 heterocycles. The van der Waals surface area contributed by atoms with Gasteiger partial charge < -0.3 is 5.32 Å². The molecule has 0 bridgehead atoms. The molecular formula is C13H22ClN3S. The molecule has 2 unspecified atom stereocenters. The third-order valence-corrected chi connectivity index (χ3v) is 4.86. The third-order valence-electron chi connectivity index (χ3n) is 3.67. The summed E-state index contributed by atoms with van der Waals surface area (Å²) in [5.74, 6) is 0.633. The highest BCUT2D eigenvalue weighted by atomic mass is 35.5. The molecule has 2 atom stereocenters. The van der Waals surface area contributed by atoms with Crippen LogP contribution in [-0.2, 0) is 0 Å². The molecule has 0 spiro atoms. The van der Waals surface area contributed by atoms with Gasteiger partial charge >= 0.3 is 0 Å². The Balaban J connectivity index is 2.26. The number of piperidine rings is 1. The summed E-state index contributed by atoms with van der Waals surface area (Å²) in [5.41, 5.74) is 0. The van der Waals surface area contributed by atoms with Gasteiger partial charge in [-0.2, -0.15) is 0 Å². The first-order valence-electron chi connectivity index (χ1n) is 6.65. The molecule has 18 heavy (non-hydrogen) atoms. The Morgan fingerprint density at radius 2 is 2.39 bits per heavy atom. The minimum absolute atomic E-state index is 0.420. The van der Waals surface area contributed by atoms with Gasteiger partial charge in [-0.1, -0.05) is 11.6 Å². The summed E-state index contributed by atoms with van der Waals surface area (Å²) in [6.45, 7) is 6.75. The maximum absolute atomic E-state index is 6.05. The SMILES string of the molecule is CNCC1CCCN(C(C)C)C1c1ncc(Cl)s1. The van der Waals surface area contributed by atoms with Gasteiger partial charge in [0, 0.05) is 6.04 Å². The standard InChI is InChI=1S/C13H22ClN3S/c1-9(2)17-6-4-5-10(7-15-3)12(17)13-16-8-11(14)18-13/h8-10,12,15H,4-7H2,1-3H3. The Labute approximate surface area is 119 Å². The lowest BCUT2D eigenvalue weighted by molar-refractivity contribution is 0.0634. The molecule has 5 heteroatoms. The smallest absolute Gasteiger partial charge is 0.113 e. The minimum atomic E-state index is 0.420. The number of likely N-dealkylation sites (tertiary alicyclic amines) is 1. The fourth-order valence-corrected chi connectivity index (χ4v) is 4.05. The molecule has 0 aromatic carbocycles. The van der Waals surface area contributed by atoms with E-state index >= 15 is 0 Å². The van der Waals surface area contributed by atoms with Crippen molar-refractivity contribution in [3.8, 4) is 0 Å². The molecule has 1 aliphatic rings. The zero-order valence-electron chi connectivity index (χ0n) is 11.3. The highest BCUT2D eigenvalue weighted by molar-refractivity contribution is 7.15. The summed E-state index contributed by atoms with van der Waals surface area (Å²) < 4.78 is 0.794. The number of hydrogen-bond acceptors (Lipinski definition) is 4. The highest BCUT2D eigenvalue weighted by Crippen LogP contribution is 2.39. The molecule has 3 nitrogen and oxygen atoms in total. The number of halogens is 1. The van der Waals surface area contributed by atoms with Gasteiger partial charge in [0.05, 0.1) is 12.2 Å². The summed E-state index contributed by atoms with van der Waals surface area (Å²) in [5, 5.41) is 4.50. The third kappa shape index (κ3) is 3.05. The quantitative estimate of drug-likeness (QED) is 0.922. The van der Waals surface area contributed by atoms with Crippen LogP contribution >= 0.6 is 22.9 Å². The Morgan fingerprint density at radius 1 is 1.61 bits per heavy atom. The predicted octanol–water partition coefficient (Wildman–Crippen LogP) is 3.18. The molecular weight excluding hydrogens is 266 g/mol. The second-order valence-corrected chi connectivity index (χ2v) is 6.93. The maximum Gasteiger partial charge on any atom is 0.113 e. The van der Waals surface area contributed by atoms with E-state index < -0.39 is 0 Å². The highest BCUT2D eigenvalue weighted by Gasteiger charge is 2.35. The van der Waals surface area contributed by atoms with Crippen LogP contribution in [0.1, 0.15) is 37.7 Å². The van der Waals surface area contributed by atoms with Crippen molar-refractivity contribution in [3.63, 3.8) is 0 Å². The van der Waals surface area contributed by atoms with Crippen molar-refractivity contribution >= 4 is 22.9 Å². The molecule has 0 amide bonds. The van der Waals surface area contributed by atoms with Crippen LogP contribution in [0.3, 0.4) is 0 Å². The van der Waals surface area contributed by atoms with Gasteiger partial charge in [0.15, 0.2) is 0 Å². The Hall–Kier alpha value is -0.160. The van der Waals surface area contributed by atoms with Crippen molar-refractivity contribution in [1.29, 1.82) is 0 Å². The number of nitrogens with zero attached hydrogens (tertiary/aromatic N) is 2. The molecule has 102 valence electrons. The molecule has 0 aliphatic carbocycles. The lowest BCUT2D eigenvalue weighted by Crippen LogP contribution is -2.45. The predicted molar refractivity (Wildman–Crippen MR) is 78.4 cm³/mol. The number of nitrogens with one attached hydrogen (secondary N) is 1. The topological polar surface area (TPSA) is 28.2 Å². The van der Waals surface area contributed by atoms with Crippen molar-refractivity contribution in [2.24, 2.45) is 5.92 Å². The zero-order chi connectivity index (χ0) is 13.1. The number of thiazole rings is 1. The summed E-state index contributed by atoms with van der Waals surface area (Å²) >= 11 is 7.68. The van der Waals surface area contributed by atoms with E-state index in [2.05, 4.69) is 29.0 Å². The lowest BCUT2D eigenvalue weighted by Gasteiger charge is -2.42. The van der Waals surface area contributed by atoms with E-state index in [1.54, 1.807) is 17.5 Å². The zero-order valence-corrected chi connectivity index (χ0v) is 12.9. The van der Waals surface area contributed by atoms with E-state index in [-0.39, 0.29) is 0 Å². The number of rotatable bonds is 4. The van der Waals surface area contributed by atoms with Crippen molar-refractivity contribution in [2.75, 3.05) is 20.1 Å². The van der Waals surface area contributed by atoms with Crippen LogP contribution in [0.5, 0.6) is 0 Å². The normalized spacial score (nSPS) is 25.8. The van der Waals surface area contributed by atoms with Gasteiger partial charge in [-0.25, -0.2) is 4.98 Å². The van der Waals surface area contributed by atoms with Gasteiger partial charge in [0.25, 0.3) is 0 Å². The van der Waals surface area contributed by atoms with E-state index in [4.69, 9.17) is 11.6 Å². The monoisotopic (exact) mass is 287 g/mol. The van der Waals surface area contributed by atoms with E-state index in [0.29, 0.717) is 18.0 Å². The van der Waals surface area contributed by atoms with E-state index in [0.717, 1.165) is 10.9 Å². The molecule has 1 N–H and O–H groups in total. The van der Waals surface area contributed by atoms with Gasteiger partial charge in [-0.05, 0) is 52.7 Å². The summed E-state index contributed by atoms with van der Waals surface area (Å²) in [6, 6.07) is 0.973. The first-order valence-corrected chi connectivity index (χ1v) is 7.84. The number of aromatic nitrogens is 1. The Kier molecular flexibility index (Phi) is 5.01. The molecule has 1 saturated heterocycles. The van der Waals surface area contributed by atoms with Gasteiger partial charge in [0.1, 0.15) is 9.34 Å². The fraction of sp³-hybridized carbons (Fsp3) is 0.769. The minimum Gasteiger partial charge on any atom is -0.319 e. The van der Waals surface area contributed by atoms with E-state index in [1.807, 2.05) is 7.05 Å². The van der Waals surface area contributed by atoms with Crippen LogP contribution in [-0.4, -0.2) is 36.1 Å². The average Bonchev–Trinajstić information content (AvgIpc) is 2.75. The van der Waals surface area contributed by atoms with Crippen LogP contribution in [0, 0.1) is 5.92 Å². The van der Waals surface area contributed by atoms with Gasteiger partial charge in [0.2, 0.25) is 0 Å². The molecule has 0 radical (unpaired) electrons.